The standard InChI is InChI=1S/C14H22N2O2/c1-2-3-12(16-8-6-15-7-9-16)11-4-5-13(17)14(18)10-11/h4-5,10,12,15,17-18H,2-3,6-9H2,1H3/t12-/m1/s1. The molecular formula is C14H22N2O2. The number of phenols is 2. The first-order chi connectivity index (χ1) is 8.72. The molecule has 0 saturated carbocycles. The molecule has 18 heavy (non-hydrogen) atoms. The van der Waals surface area contributed by atoms with Crippen LogP contribution in [0.3, 0.4) is 0 Å². The summed E-state index contributed by atoms with van der Waals surface area (Å²) in [5.41, 5.74) is 1.09. The topological polar surface area (TPSA) is 55.7 Å². The van der Waals surface area contributed by atoms with Crippen LogP contribution in [0.4, 0.5) is 0 Å². The lowest BCUT2D eigenvalue weighted by molar-refractivity contribution is 0.164. The van der Waals surface area contributed by atoms with Crippen LogP contribution in [0.2, 0.25) is 0 Å². The van der Waals surface area contributed by atoms with Gasteiger partial charge in [-0.05, 0) is 24.1 Å². The third-order valence-electron chi connectivity index (χ3n) is 3.54. The Morgan fingerprint density at radius 1 is 1.22 bits per heavy atom. The molecule has 0 aromatic heterocycles. The summed E-state index contributed by atoms with van der Waals surface area (Å²) >= 11 is 0. The van der Waals surface area contributed by atoms with E-state index in [0.717, 1.165) is 44.6 Å². The Morgan fingerprint density at radius 2 is 1.94 bits per heavy atom. The van der Waals surface area contributed by atoms with Gasteiger partial charge in [0.2, 0.25) is 0 Å². The molecule has 1 heterocycles. The maximum Gasteiger partial charge on any atom is 0.157 e. The molecule has 4 nitrogen and oxygen atoms in total. The van der Waals surface area contributed by atoms with Gasteiger partial charge >= 0.3 is 0 Å². The lowest BCUT2D eigenvalue weighted by Crippen LogP contribution is -2.45. The van der Waals surface area contributed by atoms with Gasteiger partial charge in [-0.3, -0.25) is 4.90 Å². The van der Waals surface area contributed by atoms with Gasteiger partial charge in [0.15, 0.2) is 11.5 Å². The molecule has 0 amide bonds. The Balaban J connectivity index is 2.19. The Hall–Kier alpha value is -1.26. The summed E-state index contributed by atoms with van der Waals surface area (Å²) in [5, 5.41) is 22.4. The van der Waals surface area contributed by atoms with Crippen molar-refractivity contribution >= 4 is 0 Å². The summed E-state index contributed by atoms with van der Waals surface area (Å²) in [6.45, 7) is 6.28. The van der Waals surface area contributed by atoms with E-state index in [2.05, 4.69) is 17.1 Å². The SMILES string of the molecule is CCC[C@H](c1ccc(O)c(O)c1)N1CCNCC1. The zero-order chi connectivity index (χ0) is 13.0. The minimum absolute atomic E-state index is 0.0243. The van der Waals surface area contributed by atoms with E-state index >= 15 is 0 Å². The van der Waals surface area contributed by atoms with Crippen LogP contribution < -0.4 is 5.32 Å². The molecular weight excluding hydrogens is 228 g/mol. The van der Waals surface area contributed by atoms with Crippen LogP contribution in [-0.2, 0) is 0 Å². The van der Waals surface area contributed by atoms with E-state index < -0.39 is 0 Å². The summed E-state index contributed by atoms with van der Waals surface area (Å²) in [6, 6.07) is 5.52. The highest BCUT2D eigenvalue weighted by atomic mass is 16.3. The molecule has 0 bridgehead atoms. The van der Waals surface area contributed by atoms with Crippen molar-refractivity contribution < 1.29 is 10.2 Å². The molecule has 0 aliphatic carbocycles. The fraction of sp³-hybridized carbons (Fsp3) is 0.571. The molecule has 100 valence electrons. The normalized spacial score (nSPS) is 18.7. The lowest BCUT2D eigenvalue weighted by atomic mass is 9.99. The van der Waals surface area contributed by atoms with Crippen molar-refractivity contribution in [2.45, 2.75) is 25.8 Å². The summed E-state index contributed by atoms with van der Waals surface area (Å²) in [7, 11) is 0. The van der Waals surface area contributed by atoms with E-state index in [1.54, 1.807) is 12.1 Å². The van der Waals surface area contributed by atoms with Gasteiger partial charge in [0.05, 0.1) is 0 Å². The summed E-state index contributed by atoms with van der Waals surface area (Å²) in [5.74, 6) is -0.0713. The Morgan fingerprint density at radius 3 is 2.56 bits per heavy atom. The highest BCUT2D eigenvalue weighted by molar-refractivity contribution is 5.41. The zero-order valence-corrected chi connectivity index (χ0v) is 10.9. The summed E-state index contributed by atoms with van der Waals surface area (Å²) in [6.07, 6.45) is 2.18. The van der Waals surface area contributed by atoms with E-state index in [0.29, 0.717) is 6.04 Å². The van der Waals surface area contributed by atoms with Crippen LogP contribution in [-0.4, -0.2) is 41.3 Å². The third kappa shape index (κ3) is 2.94. The van der Waals surface area contributed by atoms with Crippen molar-refractivity contribution in [3.8, 4) is 11.5 Å². The summed E-state index contributed by atoms with van der Waals surface area (Å²) < 4.78 is 0. The molecule has 2 rings (SSSR count). The minimum atomic E-state index is -0.0469. The van der Waals surface area contributed by atoms with Gasteiger partial charge in [-0.25, -0.2) is 0 Å². The maximum atomic E-state index is 9.63. The van der Waals surface area contributed by atoms with E-state index in [9.17, 15) is 10.2 Å². The fourth-order valence-corrected chi connectivity index (χ4v) is 2.58. The Labute approximate surface area is 108 Å². The van der Waals surface area contributed by atoms with Crippen molar-refractivity contribution in [2.24, 2.45) is 0 Å². The summed E-state index contributed by atoms with van der Waals surface area (Å²) in [4.78, 5) is 2.45. The Bertz CT molecular complexity index is 389. The second-order valence-corrected chi connectivity index (χ2v) is 4.84. The number of hydrogen-bond acceptors (Lipinski definition) is 4. The van der Waals surface area contributed by atoms with Crippen molar-refractivity contribution in [1.29, 1.82) is 0 Å². The number of phenolic OH excluding ortho intramolecular Hbond substituents is 2. The molecule has 3 N–H and O–H groups in total. The van der Waals surface area contributed by atoms with Crippen molar-refractivity contribution in [3.63, 3.8) is 0 Å². The molecule has 1 aromatic carbocycles. The monoisotopic (exact) mass is 250 g/mol. The van der Waals surface area contributed by atoms with E-state index in [1.807, 2.05) is 6.07 Å². The highest BCUT2D eigenvalue weighted by Crippen LogP contribution is 2.32. The van der Waals surface area contributed by atoms with Crippen LogP contribution in [0, 0.1) is 0 Å². The highest BCUT2D eigenvalue weighted by Gasteiger charge is 2.21. The maximum absolute atomic E-state index is 9.63. The van der Waals surface area contributed by atoms with E-state index in [-0.39, 0.29) is 11.5 Å². The molecule has 0 unspecified atom stereocenters. The molecule has 1 aliphatic rings. The molecule has 1 aromatic rings. The fourth-order valence-electron chi connectivity index (χ4n) is 2.58. The third-order valence-corrected chi connectivity index (χ3v) is 3.54. The first kappa shape index (κ1) is 13.2. The van der Waals surface area contributed by atoms with Crippen LogP contribution in [0.1, 0.15) is 31.4 Å². The van der Waals surface area contributed by atoms with Gasteiger partial charge in [-0.15, -0.1) is 0 Å². The largest absolute Gasteiger partial charge is 0.504 e. The predicted octanol–water partition coefficient (Wildman–Crippen LogP) is 1.84. The quantitative estimate of drug-likeness (QED) is 0.714. The van der Waals surface area contributed by atoms with Gasteiger partial charge in [0.1, 0.15) is 0 Å². The van der Waals surface area contributed by atoms with Crippen LogP contribution in [0.5, 0.6) is 11.5 Å². The number of nitrogens with zero attached hydrogens (tertiary/aromatic N) is 1. The number of benzene rings is 1. The number of hydrogen-bond donors (Lipinski definition) is 3. The molecule has 1 atom stereocenters. The van der Waals surface area contributed by atoms with Gasteiger partial charge < -0.3 is 15.5 Å². The van der Waals surface area contributed by atoms with Gasteiger partial charge in [-0.2, -0.15) is 0 Å². The first-order valence-corrected chi connectivity index (χ1v) is 6.69. The Kier molecular flexibility index (Phi) is 4.44. The van der Waals surface area contributed by atoms with E-state index in [4.69, 9.17) is 0 Å². The average molecular weight is 250 g/mol. The molecule has 1 fully saturated rings. The molecule has 0 spiro atoms. The number of piperazine rings is 1. The molecule has 0 radical (unpaired) electrons. The second kappa shape index (κ2) is 6.07. The molecule has 1 saturated heterocycles. The number of aromatic hydroxyl groups is 2. The van der Waals surface area contributed by atoms with Crippen molar-refractivity contribution in [3.05, 3.63) is 23.8 Å². The minimum Gasteiger partial charge on any atom is -0.504 e. The lowest BCUT2D eigenvalue weighted by Gasteiger charge is -2.35. The van der Waals surface area contributed by atoms with E-state index in [1.165, 1.54) is 0 Å². The molecule has 4 heteroatoms. The predicted molar refractivity (Wildman–Crippen MR) is 71.9 cm³/mol. The second-order valence-electron chi connectivity index (χ2n) is 4.84. The zero-order valence-electron chi connectivity index (χ0n) is 10.9. The first-order valence-electron chi connectivity index (χ1n) is 6.69. The number of rotatable bonds is 4. The van der Waals surface area contributed by atoms with Gasteiger partial charge in [-0.1, -0.05) is 19.4 Å². The smallest absolute Gasteiger partial charge is 0.157 e. The van der Waals surface area contributed by atoms with Crippen molar-refractivity contribution in [2.75, 3.05) is 26.2 Å². The van der Waals surface area contributed by atoms with Crippen LogP contribution in [0.25, 0.3) is 0 Å². The number of nitrogens with one attached hydrogen (secondary N) is 1. The van der Waals surface area contributed by atoms with Gasteiger partial charge in [0, 0.05) is 32.2 Å². The van der Waals surface area contributed by atoms with Crippen molar-refractivity contribution in [1.82, 2.24) is 10.2 Å². The van der Waals surface area contributed by atoms with Crippen LogP contribution >= 0.6 is 0 Å². The van der Waals surface area contributed by atoms with Gasteiger partial charge in [0.25, 0.3) is 0 Å². The molecule has 1 aliphatic heterocycles. The van der Waals surface area contributed by atoms with Crippen LogP contribution in [0.15, 0.2) is 18.2 Å². The average Bonchev–Trinajstić information content (AvgIpc) is 2.40.